The molecule has 0 aliphatic carbocycles. The molecule has 0 spiro atoms. The van der Waals surface area contributed by atoms with Crippen LogP contribution in [0, 0.1) is 0 Å². The van der Waals surface area contributed by atoms with Gasteiger partial charge in [0.2, 0.25) is 0 Å². The second-order valence-corrected chi connectivity index (χ2v) is 5.59. The summed E-state index contributed by atoms with van der Waals surface area (Å²) in [5.74, 6) is 0. The summed E-state index contributed by atoms with van der Waals surface area (Å²) in [4.78, 5) is 0. The number of benzene rings is 1. The van der Waals surface area contributed by atoms with E-state index in [1.165, 1.54) is 0 Å². The van der Waals surface area contributed by atoms with Crippen LogP contribution in [0.1, 0.15) is 19.4 Å². The third kappa shape index (κ3) is 1.71. The van der Waals surface area contributed by atoms with Crippen LogP contribution in [-0.4, -0.2) is 0 Å². The van der Waals surface area contributed by atoms with Gasteiger partial charge in [0.05, 0.1) is 0 Å². The zero-order valence-corrected chi connectivity index (χ0v) is 10.4. The van der Waals surface area contributed by atoms with Crippen molar-refractivity contribution in [2.45, 2.75) is 19.5 Å². The number of fused-ring (bicyclic) bond motifs is 1. The second kappa shape index (κ2) is 3.31. The summed E-state index contributed by atoms with van der Waals surface area (Å²) in [5, 5.41) is 2.92. The van der Waals surface area contributed by atoms with Crippen LogP contribution in [0.25, 0.3) is 10.1 Å². The Morgan fingerprint density at radius 3 is 2.71 bits per heavy atom. The average molecular weight is 273 g/mol. The Labute approximate surface area is 94.9 Å². The molecule has 1 aromatic heterocycles. The molecule has 14 heavy (non-hydrogen) atoms. The van der Waals surface area contributed by atoms with Gasteiger partial charge in [-0.2, -0.15) is 0 Å². The molecule has 2 rings (SSSR count). The first kappa shape index (κ1) is 10.1. The van der Waals surface area contributed by atoms with E-state index in [1.54, 1.807) is 25.2 Å². The van der Waals surface area contributed by atoms with E-state index >= 15 is 0 Å². The maximum Gasteiger partial charge on any atom is 0.131 e. The van der Waals surface area contributed by atoms with E-state index in [-0.39, 0.29) is 0 Å². The molecule has 74 valence electrons. The molecule has 0 fully saturated rings. The molecule has 1 heterocycles. The molecule has 1 aromatic carbocycles. The molecule has 0 aliphatic heterocycles. The van der Waals surface area contributed by atoms with E-state index in [2.05, 4.69) is 15.9 Å². The summed E-state index contributed by atoms with van der Waals surface area (Å²) < 4.78 is 15.9. The van der Waals surface area contributed by atoms with Gasteiger partial charge in [-0.1, -0.05) is 22.0 Å². The molecule has 0 amide bonds. The summed E-state index contributed by atoms with van der Waals surface area (Å²) in [5.41, 5.74) is -0.475. The first-order valence-electron chi connectivity index (χ1n) is 4.34. The third-order valence-electron chi connectivity index (χ3n) is 2.18. The van der Waals surface area contributed by atoms with Gasteiger partial charge in [-0.05, 0) is 36.7 Å². The van der Waals surface area contributed by atoms with E-state index in [9.17, 15) is 4.39 Å². The smallest absolute Gasteiger partial charge is 0.131 e. The van der Waals surface area contributed by atoms with Crippen molar-refractivity contribution in [3.8, 4) is 0 Å². The molecule has 0 atom stereocenters. The third-order valence-corrected chi connectivity index (χ3v) is 3.62. The highest BCUT2D eigenvalue weighted by molar-refractivity contribution is 9.10. The van der Waals surface area contributed by atoms with Crippen LogP contribution in [0.2, 0.25) is 0 Å². The summed E-state index contributed by atoms with van der Waals surface area (Å²) >= 11 is 4.99. The van der Waals surface area contributed by atoms with Gasteiger partial charge in [0.1, 0.15) is 5.67 Å². The van der Waals surface area contributed by atoms with E-state index in [1.807, 2.05) is 23.6 Å². The van der Waals surface area contributed by atoms with Gasteiger partial charge < -0.3 is 0 Å². The molecule has 0 radical (unpaired) electrons. The summed E-state index contributed by atoms with van der Waals surface area (Å²) in [6, 6.07) is 5.94. The highest BCUT2D eigenvalue weighted by atomic mass is 79.9. The summed E-state index contributed by atoms with van der Waals surface area (Å²) in [7, 11) is 0. The van der Waals surface area contributed by atoms with Crippen LogP contribution >= 0.6 is 27.3 Å². The van der Waals surface area contributed by atoms with E-state index in [4.69, 9.17) is 0 Å². The molecule has 0 saturated heterocycles. The number of hydrogen-bond acceptors (Lipinski definition) is 1. The van der Waals surface area contributed by atoms with Crippen LogP contribution in [0.3, 0.4) is 0 Å². The van der Waals surface area contributed by atoms with Gasteiger partial charge in [-0.15, -0.1) is 11.3 Å². The van der Waals surface area contributed by atoms with Crippen molar-refractivity contribution < 1.29 is 4.39 Å². The first-order chi connectivity index (χ1) is 6.48. The number of hydrogen-bond donors (Lipinski definition) is 0. The fourth-order valence-electron chi connectivity index (χ4n) is 1.46. The number of halogens is 2. The molecule has 0 saturated carbocycles. The van der Waals surface area contributed by atoms with Crippen molar-refractivity contribution in [2.75, 3.05) is 0 Å². The van der Waals surface area contributed by atoms with E-state index < -0.39 is 5.67 Å². The quantitative estimate of drug-likeness (QED) is 0.695. The largest absolute Gasteiger partial charge is 0.239 e. The molecule has 0 unspecified atom stereocenters. The Kier molecular flexibility index (Phi) is 2.40. The van der Waals surface area contributed by atoms with Gasteiger partial charge >= 0.3 is 0 Å². The van der Waals surface area contributed by atoms with Crippen molar-refractivity contribution in [3.63, 3.8) is 0 Å². The number of rotatable bonds is 1. The van der Waals surface area contributed by atoms with Gasteiger partial charge in [0, 0.05) is 14.7 Å². The molecular weight excluding hydrogens is 263 g/mol. The maximum absolute atomic E-state index is 13.8. The van der Waals surface area contributed by atoms with Crippen LogP contribution in [0.15, 0.2) is 28.1 Å². The van der Waals surface area contributed by atoms with Crippen LogP contribution in [0.4, 0.5) is 4.39 Å². The molecular formula is C11H10BrFS. The fourth-order valence-corrected chi connectivity index (χ4v) is 3.13. The minimum atomic E-state index is -1.26. The zero-order chi connectivity index (χ0) is 10.3. The van der Waals surface area contributed by atoms with Gasteiger partial charge in [0.15, 0.2) is 0 Å². The van der Waals surface area contributed by atoms with Crippen LogP contribution in [0.5, 0.6) is 0 Å². The first-order valence-corrected chi connectivity index (χ1v) is 6.02. The number of thiophene rings is 1. The Morgan fingerprint density at radius 2 is 2.07 bits per heavy atom. The standard InChI is InChI=1S/C11H10BrFS/c1-11(2,13)9-6-14-10-5-7(12)3-4-8(9)10/h3-6H,1-2H3. The normalized spacial score (nSPS) is 12.3. The predicted molar refractivity (Wildman–Crippen MR) is 63.7 cm³/mol. The minimum absolute atomic E-state index is 0.782. The Balaban J connectivity index is 2.70. The van der Waals surface area contributed by atoms with Crippen molar-refractivity contribution >= 4 is 37.4 Å². The summed E-state index contributed by atoms with van der Waals surface area (Å²) in [6.07, 6.45) is 0. The topological polar surface area (TPSA) is 0 Å². The van der Waals surface area contributed by atoms with E-state index in [0.717, 1.165) is 20.1 Å². The Morgan fingerprint density at radius 1 is 1.36 bits per heavy atom. The summed E-state index contributed by atoms with van der Waals surface area (Å²) in [6.45, 7) is 3.19. The van der Waals surface area contributed by atoms with Gasteiger partial charge in [-0.25, -0.2) is 4.39 Å². The monoisotopic (exact) mass is 272 g/mol. The van der Waals surface area contributed by atoms with Crippen molar-refractivity contribution in [1.29, 1.82) is 0 Å². The number of alkyl halides is 1. The zero-order valence-electron chi connectivity index (χ0n) is 7.97. The van der Waals surface area contributed by atoms with E-state index in [0.29, 0.717) is 0 Å². The molecule has 0 nitrogen and oxygen atoms in total. The molecule has 2 aromatic rings. The van der Waals surface area contributed by atoms with Crippen molar-refractivity contribution in [2.24, 2.45) is 0 Å². The van der Waals surface area contributed by atoms with Crippen LogP contribution < -0.4 is 0 Å². The average Bonchev–Trinajstić information content (AvgIpc) is 2.45. The highest BCUT2D eigenvalue weighted by Gasteiger charge is 2.22. The Hall–Kier alpha value is -0.410. The second-order valence-electron chi connectivity index (χ2n) is 3.76. The maximum atomic E-state index is 13.8. The van der Waals surface area contributed by atoms with Gasteiger partial charge in [-0.3, -0.25) is 0 Å². The molecule has 0 N–H and O–H groups in total. The fraction of sp³-hybridized carbons (Fsp3) is 0.273. The lowest BCUT2D eigenvalue weighted by molar-refractivity contribution is 0.224. The van der Waals surface area contributed by atoms with Crippen LogP contribution in [-0.2, 0) is 5.67 Å². The lowest BCUT2D eigenvalue weighted by atomic mass is 10.00. The molecule has 3 heteroatoms. The predicted octanol–water partition coefficient (Wildman–Crippen LogP) is 4.87. The molecule has 0 bridgehead atoms. The van der Waals surface area contributed by atoms with Crippen molar-refractivity contribution in [3.05, 3.63) is 33.6 Å². The highest BCUT2D eigenvalue weighted by Crippen LogP contribution is 2.36. The van der Waals surface area contributed by atoms with Crippen molar-refractivity contribution in [1.82, 2.24) is 0 Å². The lowest BCUT2D eigenvalue weighted by Crippen LogP contribution is -2.07. The lowest BCUT2D eigenvalue weighted by Gasteiger charge is -2.12. The SMILES string of the molecule is CC(C)(F)c1csc2cc(Br)ccc12. The minimum Gasteiger partial charge on any atom is -0.239 e. The Bertz CT molecular complexity index is 468. The molecule has 0 aliphatic rings. The van der Waals surface area contributed by atoms with Gasteiger partial charge in [0.25, 0.3) is 0 Å².